The van der Waals surface area contributed by atoms with E-state index in [4.69, 9.17) is 15.8 Å². The average molecular weight is 352 g/mol. The van der Waals surface area contributed by atoms with Crippen molar-refractivity contribution in [2.45, 2.75) is 12.5 Å². The minimum absolute atomic E-state index is 0.0385. The Kier molecular flexibility index (Phi) is 5.19. The lowest BCUT2D eigenvalue weighted by atomic mass is 10.0. The molecule has 7 heteroatoms. The molecule has 0 radical (unpaired) electrons. The number of nitrogens with two attached hydrogens (primary N) is 1. The summed E-state index contributed by atoms with van der Waals surface area (Å²) < 4.78 is 0. The average Bonchev–Trinajstić information content (AvgIpc) is 3.12. The number of carbonyl (C=O) groups excluding carboxylic acids is 1. The molecule has 26 heavy (non-hydrogen) atoms. The van der Waals surface area contributed by atoms with Gasteiger partial charge in [-0.3, -0.25) is 15.1 Å². The highest BCUT2D eigenvalue weighted by molar-refractivity contribution is 6.00. The van der Waals surface area contributed by atoms with Gasteiger partial charge in [0.15, 0.2) is 5.84 Å². The van der Waals surface area contributed by atoms with E-state index in [1.165, 1.54) is 12.0 Å². The van der Waals surface area contributed by atoms with Crippen LogP contribution in [0.4, 0.5) is 0 Å². The van der Waals surface area contributed by atoms with Crippen LogP contribution in [0.3, 0.4) is 0 Å². The number of amides is 1. The summed E-state index contributed by atoms with van der Waals surface area (Å²) in [5.41, 5.74) is 11.7. The molecule has 1 heterocycles. The second kappa shape index (κ2) is 7.71. The Morgan fingerprint density at radius 2 is 1.85 bits per heavy atom. The summed E-state index contributed by atoms with van der Waals surface area (Å²) in [7, 11) is 1.48. The molecule has 0 bridgehead atoms. The normalized spacial score (nSPS) is 17.1. The Bertz CT molecular complexity index is 832. The predicted molar refractivity (Wildman–Crippen MR) is 98.1 cm³/mol. The fourth-order valence-corrected chi connectivity index (χ4v) is 2.92. The Morgan fingerprint density at radius 1 is 1.19 bits per heavy atom. The van der Waals surface area contributed by atoms with Crippen molar-refractivity contribution in [1.29, 1.82) is 0 Å². The monoisotopic (exact) mass is 352 g/mol. The van der Waals surface area contributed by atoms with Crippen LogP contribution in [0.25, 0.3) is 11.1 Å². The van der Waals surface area contributed by atoms with Crippen LogP contribution in [-0.2, 0) is 4.84 Å². The Labute approximate surface area is 151 Å². The lowest BCUT2D eigenvalue weighted by Gasteiger charge is -2.22. The second-order valence-electron chi connectivity index (χ2n) is 5.86. The van der Waals surface area contributed by atoms with Gasteiger partial charge in [-0.1, -0.05) is 47.6 Å². The zero-order valence-corrected chi connectivity index (χ0v) is 14.3. The smallest absolute Gasteiger partial charge is 0.258 e. The largest absolute Gasteiger partial charge is 0.409 e. The summed E-state index contributed by atoms with van der Waals surface area (Å²) in [6.07, 6.45) is 1.98. The van der Waals surface area contributed by atoms with Crippen molar-refractivity contribution in [1.82, 2.24) is 10.4 Å². The van der Waals surface area contributed by atoms with E-state index in [0.29, 0.717) is 17.7 Å². The van der Waals surface area contributed by atoms with E-state index >= 15 is 0 Å². The lowest BCUT2D eigenvalue weighted by Crippen LogP contribution is -2.42. The first-order chi connectivity index (χ1) is 12.6. The molecule has 4 N–H and O–H groups in total. The molecule has 2 aromatic carbocycles. The van der Waals surface area contributed by atoms with E-state index in [0.717, 1.165) is 11.1 Å². The SMILES string of the molecule is CONC1=CN(C(=O)c2ccc(-c3ccccc3)cc2)[C@H](C(N)=NO)C1. The molecule has 134 valence electrons. The molecule has 2 aromatic rings. The van der Waals surface area contributed by atoms with E-state index in [1.807, 2.05) is 42.5 Å². The molecule has 3 rings (SSSR count). The number of oxime groups is 1. The predicted octanol–water partition coefficient (Wildman–Crippen LogP) is 2.31. The van der Waals surface area contributed by atoms with Crippen LogP contribution in [0.15, 0.2) is 71.7 Å². The van der Waals surface area contributed by atoms with Gasteiger partial charge in [-0.25, -0.2) is 0 Å². The Balaban J connectivity index is 1.84. The number of hydroxylamine groups is 1. The summed E-state index contributed by atoms with van der Waals surface area (Å²) in [5.74, 6) is -0.280. The summed E-state index contributed by atoms with van der Waals surface area (Å²) in [5, 5.41) is 12.0. The van der Waals surface area contributed by atoms with E-state index < -0.39 is 6.04 Å². The molecular formula is C19H20N4O3. The van der Waals surface area contributed by atoms with Gasteiger partial charge in [0.25, 0.3) is 5.91 Å². The summed E-state index contributed by atoms with van der Waals surface area (Å²) in [6.45, 7) is 0. The van der Waals surface area contributed by atoms with E-state index in [1.54, 1.807) is 18.3 Å². The van der Waals surface area contributed by atoms with Crippen LogP contribution in [0.2, 0.25) is 0 Å². The van der Waals surface area contributed by atoms with Crippen molar-refractivity contribution < 1.29 is 14.8 Å². The van der Waals surface area contributed by atoms with Crippen LogP contribution in [0.5, 0.6) is 0 Å². The highest BCUT2D eigenvalue weighted by Crippen LogP contribution is 2.24. The Hall–Kier alpha value is -3.32. The van der Waals surface area contributed by atoms with E-state index in [-0.39, 0.29) is 11.7 Å². The van der Waals surface area contributed by atoms with Gasteiger partial charge in [-0.05, 0) is 23.3 Å². The molecule has 7 nitrogen and oxygen atoms in total. The van der Waals surface area contributed by atoms with Crippen molar-refractivity contribution in [2.24, 2.45) is 10.9 Å². The number of nitrogens with one attached hydrogen (secondary N) is 1. The first kappa shape index (κ1) is 17.5. The number of hydrogen-bond acceptors (Lipinski definition) is 5. The van der Waals surface area contributed by atoms with Crippen molar-refractivity contribution in [3.05, 3.63) is 72.1 Å². The van der Waals surface area contributed by atoms with Gasteiger partial charge in [-0.15, -0.1) is 0 Å². The zero-order valence-electron chi connectivity index (χ0n) is 14.3. The number of benzene rings is 2. The quantitative estimate of drug-likeness (QED) is 0.332. The van der Waals surface area contributed by atoms with Gasteiger partial charge in [0.05, 0.1) is 12.8 Å². The topological polar surface area (TPSA) is 100 Å². The fraction of sp³-hybridized carbons (Fsp3) is 0.158. The molecular weight excluding hydrogens is 332 g/mol. The number of hydrogen-bond donors (Lipinski definition) is 3. The van der Waals surface area contributed by atoms with E-state index in [2.05, 4.69) is 10.6 Å². The van der Waals surface area contributed by atoms with Gasteiger partial charge < -0.3 is 15.8 Å². The minimum Gasteiger partial charge on any atom is -0.409 e. The zero-order chi connectivity index (χ0) is 18.5. The highest BCUT2D eigenvalue weighted by atomic mass is 16.6. The lowest BCUT2D eigenvalue weighted by molar-refractivity contribution is 0.0811. The Morgan fingerprint density at radius 3 is 2.46 bits per heavy atom. The van der Waals surface area contributed by atoms with Crippen LogP contribution < -0.4 is 11.2 Å². The van der Waals surface area contributed by atoms with Gasteiger partial charge in [-0.2, -0.15) is 0 Å². The molecule has 0 fully saturated rings. The molecule has 0 saturated carbocycles. The molecule has 0 spiro atoms. The third kappa shape index (κ3) is 3.52. The minimum atomic E-state index is -0.570. The van der Waals surface area contributed by atoms with E-state index in [9.17, 15) is 4.79 Å². The third-order valence-corrected chi connectivity index (χ3v) is 4.21. The summed E-state index contributed by atoms with van der Waals surface area (Å²) in [6, 6.07) is 16.7. The van der Waals surface area contributed by atoms with Crippen molar-refractivity contribution >= 4 is 11.7 Å². The molecule has 1 atom stereocenters. The van der Waals surface area contributed by atoms with Crippen molar-refractivity contribution in [3.63, 3.8) is 0 Å². The van der Waals surface area contributed by atoms with Gasteiger partial charge >= 0.3 is 0 Å². The van der Waals surface area contributed by atoms with Crippen LogP contribution >= 0.6 is 0 Å². The van der Waals surface area contributed by atoms with Gasteiger partial charge in [0.2, 0.25) is 0 Å². The molecule has 0 aliphatic carbocycles. The third-order valence-electron chi connectivity index (χ3n) is 4.21. The standard InChI is InChI=1S/C19H20N4O3/c1-26-22-16-11-17(18(20)21-25)23(12-16)19(24)15-9-7-14(8-10-15)13-5-3-2-4-6-13/h2-10,12,17,22,25H,11H2,1H3,(H2,20,21)/t17-/m0/s1. The first-order valence-corrected chi connectivity index (χ1v) is 8.09. The molecule has 1 aliphatic rings. The molecule has 0 unspecified atom stereocenters. The molecule has 0 aromatic heterocycles. The maximum Gasteiger partial charge on any atom is 0.258 e. The number of carbonyl (C=O) groups is 1. The van der Waals surface area contributed by atoms with Crippen molar-refractivity contribution in [3.8, 4) is 11.1 Å². The van der Waals surface area contributed by atoms with Gasteiger partial charge in [0, 0.05) is 18.2 Å². The van der Waals surface area contributed by atoms with Crippen LogP contribution in [0, 0.1) is 0 Å². The summed E-state index contributed by atoms with van der Waals surface area (Å²) in [4.78, 5) is 19.2. The maximum atomic E-state index is 12.9. The van der Waals surface area contributed by atoms with Crippen LogP contribution in [-0.4, -0.2) is 35.0 Å². The summed E-state index contributed by atoms with van der Waals surface area (Å²) >= 11 is 0. The molecule has 1 amide bonds. The van der Waals surface area contributed by atoms with Crippen molar-refractivity contribution in [2.75, 3.05) is 7.11 Å². The molecule has 0 saturated heterocycles. The number of rotatable bonds is 5. The number of amidine groups is 1. The fourth-order valence-electron chi connectivity index (χ4n) is 2.92. The second-order valence-corrected chi connectivity index (χ2v) is 5.86. The maximum absolute atomic E-state index is 12.9. The first-order valence-electron chi connectivity index (χ1n) is 8.09. The van der Waals surface area contributed by atoms with Crippen LogP contribution in [0.1, 0.15) is 16.8 Å². The molecule has 1 aliphatic heterocycles. The number of nitrogens with zero attached hydrogens (tertiary/aromatic N) is 2. The van der Waals surface area contributed by atoms with Gasteiger partial charge in [0.1, 0.15) is 6.04 Å². The highest BCUT2D eigenvalue weighted by Gasteiger charge is 2.33.